The summed E-state index contributed by atoms with van der Waals surface area (Å²) in [5.74, 6) is -1.52. The van der Waals surface area contributed by atoms with E-state index in [4.69, 9.17) is 10.00 Å². The highest BCUT2D eigenvalue weighted by atomic mass is 19.2. The maximum absolute atomic E-state index is 15.1. The van der Waals surface area contributed by atoms with Crippen LogP contribution >= 0.6 is 0 Å². The first-order chi connectivity index (χ1) is 20.7. The first-order valence-electron chi connectivity index (χ1n) is 14.3. The van der Waals surface area contributed by atoms with Crippen molar-refractivity contribution >= 4 is 23.3 Å². The molecule has 43 heavy (non-hydrogen) atoms. The van der Waals surface area contributed by atoms with Gasteiger partial charge in [0.1, 0.15) is 6.07 Å². The van der Waals surface area contributed by atoms with Crippen LogP contribution in [0.1, 0.15) is 34.5 Å². The van der Waals surface area contributed by atoms with E-state index < -0.39 is 23.8 Å². The van der Waals surface area contributed by atoms with Crippen molar-refractivity contribution in [3.63, 3.8) is 0 Å². The molecule has 3 aliphatic heterocycles. The third-order valence-corrected chi connectivity index (χ3v) is 7.80. The zero-order valence-corrected chi connectivity index (χ0v) is 24.8. The number of piperazine rings is 1. The van der Waals surface area contributed by atoms with Gasteiger partial charge in [0.2, 0.25) is 5.82 Å². The molecule has 0 spiro atoms. The Bertz CT molecular complexity index is 1510. The highest BCUT2D eigenvalue weighted by Gasteiger charge is 2.35. The smallest absolute Gasteiger partial charge is 0.254 e. The van der Waals surface area contributed by atoms with Crippen LogP contribution in [0.5, 0.6) is 5.75 Å². The van der Waals surface area contributed by atoms with Crippen molar-refractivity contribution in [3.8, 4) is 11.8 Å². The maximum atomic E-state index is 15.1. The zero-order chi connectivity index (χ0) is 30.7. The number of likely N-dealkylation sites (N-methyl/N-ethyl adjacent to an activating group) is 1. The van der Waals surface area contributed by atoms with Gasteiger partial charge in [-0.1, -0.05) is 6.07 Å². The predicted octanol–water partition coefficient (Wildman–Crippen LogP) is 3.63. The number of ether oxygens (including phenoxy) is 1. The molecule has 2 aromatic rings. The summed E-state index contributed by atoms with van der Waals surface area (Å²) in [5.41, 5.74) is 2.35. The van der Waals surface area contributed by atoms with Gasteiger partial charge in [-0.15, -0.1) is 0 Å². The van der Waals surface area contributed by atoms with Crippen LogP contribution in [0.25, 0.3) is 0 Å². The van der Waals surface area contributed by atoms with Crippen LogP contribution in [-0.4, -0.2) is 103 Å². The molecule has 2 atom stereocenters. The number of hydrogen-bond acceptors (Lipinski definition) is 9. The lowest BCUT2D eigenvalue weighted by molar-refractivity contribution is 0.0629. The van der Waals surface area contributed by atoms with Crippen LogP contribution in [0.3, 0.4) is 0 Å². The van der Waals surface area contributed by atoms with Gasteiger partial charge in [-0.3, -0.25) is 14.7 Å². The number of aliphatic imine (C=N–C) groups is 2. The van der Waals surface area contributed by atoms with Crippen molar-refractivity contribution in [2.24, 2.45) is 9.98 Å². The van der Waals surface area contributed by atoms with Gasteiger partial charge in [0.25, 0.3) is 5.91 Å². The van der Waals surface area contributed by atoms with Gasteiger partial charge in [-0.2, -0.15) is 9.65 Å². The molecule has 2 unspecified atom stereocenters. The summed E-state index contributed by atoms with van der Waals surface area (Å²) < 4.78 is 35.1. The topological polar surface area (TPSA) is 99.8 Å². The quantitative estimate of drug-likeness (QED) is 0.501. The molecular weight excluding hydrogens is 554 g/mol. The third-order valence-electron chi connectivity index (χ3n) is 7.80. The molecule has 226 valence electrons. The Morgan fingerprint density at radius 1 is 1.19 bits per heavy atom. The van der Waals surface area contributed by atoms with Crippen molar-refractivity contribution in [2.75, 3.05) is 65.2 Å². The van der Waals surface area contributed by atoms with Crippen molar-refractivity contribution in [3.05, 3.63) is 71.1 Å². The fourth-order valence-electron chi connectivity index (χ4n) is 5.35. The number of carbonyl (C=O) groups excluding carboxylic acids is 1. The Balaban J connectivity index is 1.23. The largest absolute Gasteiger partial charge is 0.473 e. The van der Waals surface area contributed by atoms with Crippen LogP contribution < -0.4 is 10.1 Å². The average Bonchev–Trinajstić information content (AvgIpc) is 3.43. The molecule has 10 nitrogen and oxygen atoms in total. The van der Waals surface area contributed by atoms with Gasteiger partial charge in [0.05, 0.1) is 12.6 Å². The summed E-state index contributed by atoms with van der Waals surface area (Å²) in [6.07, 6.45) is 2.33. The highest BCUT2D eigenvalue weighted by Crippen LogP contribution is 2.34. The highest BCUT2D eigenvalue weighted by molar-refractivity contribution is 6.45. The Labute approximate surface area is 250 Å². The van der Waals surface area contributed by atoms with Crippen LogP contribution in [0, 0.1) is 29.9 Å². The summed E-state index contributed by atoms with van der Waals surface area (Å²) in [7, 11) is 4.12. The lowest BCUT2D eigenvalue weighted by Crippen LogP contribution is -2.50. The SMILES string of the molecule is Cc1cc(NC2=NC=CN3C2=NCC3c2ccc(OC(C)C#N)c(F)c2F)ccc1C(=O)N1CCN(CCN(C)C)CC1. The minimum absolute atomic E-state index is 0.0243. The molecule has 1 fully saturated rings. The summed E-state index contributed by atoms with van der Waals surface area (Å²) in [4.78, 5) is 30.5. The summed E-state index contributed by atoms with van der Waals surface area (Å²) in [6.45, 7) is 8.67. The van der Waals surface area contributed by atoms with Crippen molar-refractivity contribution in [1.82, 2.24) is 19.6 Å². The normalized spacial score (nSPS) is 19.1. The summed E-state index contributed by atoms with van der Waals surface area (Å²) >= 11 is 0. The first kappa shape index (κ1) is 30.1. The van der Waals surface area contributed by atoms with E-state index >= 15 is 4.39 Å². The van der Waals surface area contributed by atoms with E-state index in [-0.39, 0.29) is 23.8 Å². The van der Waals surface area contributed by atoms with Crippen LogP contribution in [0.15, 0.2) is 52.7 Å². The van der Waals surface area contributed by atoms with Crippen LogP contribution in [0.2, 0.25) is 0 Å². The number of nitrogens with one attached hydrogen (secondary N) is 1. The molecule has 5 rings (SSSR count). The number of carbonyl (C=O) groups is 1. The van der Waals surface area contributed by atoms with E-state index in [2.05, 4.69) is 39.2 Å². The van der Waals surface area contributed by atoms with Gasteiger partial charge in [-0.05, 0) is 57.8 Å². The van der Waals surface area contributed by atoms with E-state index in [9.17, 15) is 9.18 Å². The molecule has 0 radical (unpaired) electrons. The lowest BCUT2D eigenvalue weighted by atomic mass is 10.0. The van der Waals surface area contributed by atoms with Gasteiger partial charge in [-0.25, -0.2) is 9.38 Å². The first-order valence-corrected chi connectivity index (χ1v) is 14.3. The molecule has 0 aliphatic carbocycles. The van der Waals surface area contributed by atoms with E-state index in [0.717, 1.165) is 37.4 Å². The third kappa shape index (κ3) is 6.53. The molecule has 1 N–H and O–H groups in total. The number of hydrogen-bond donors (Lipinski definition) is 1. The molecule has 3 aliphatic rings. The van der Waals surface area contributed by atoms with E-state index in [1.165, 1.54) is 19.1 Å². The zero-order valence-electron chi connectivity index (χ0n) is 24.8. The molecule has 0 aromatic heterocycles. The number of aryl methyl sites for hydroxylation is 1. The molecule has 12 heteroatoms. The lowest BCUT2D eigenvalue weighted by Gasteiger charge is -2.35. The fourth-order valence-corrected chi connectivity index (χ4v) is 5.35. The fraction of sp³-hybridized carbons (Fsp3) is 0.419. The van der Waals surface area contributed by atoms with E-state index in [0.29, 0.717) is 30.3 Å². The standard InChI is InChI=1S/C31H36F2N8O2/c1-20-17-22(5-6-23(20)31(42)40-15-13-39(14-16-40)12-11-38(3)4)37-29-30-36-19-25(41(30)10-9-35-29)24-7-8-26(28(33)27(24)32)43-21(2)18-34/h5-10,17,21,25H,11-16,19H2,1-4H3,(H,35,37). The number of nitriles is 1. The minimum Gasteiger partial charge on any atom is -0.473 e. The second-order valence-corrected chi connectivity index (χ2v) is 11.1. The minimum atomic E-state index is -1.14. The van der Waals surface area contributed by atoms with Crippen LogP contribution in [-0.2, 0) is 0 Å². The van der Waals surface area contributed by atoms with Gasteiger partial charge in [0.15, 0.2) is 29.3 Å². The van der Waals surface area contributed by atoms with Crippen LogP contribution in [0.4, 0.5) is 14.5 Å². The average molecular weight is 591 g/mol. The van der Waals surface area contributed by atoms with Gasteiger partial charge < -0.3 is 24.8 Å². The number of rotatable bonds is 8. The van der Waals surface area contributed by atoms with Crippen molar-refractivity contribution in [1.29, 1.82) is 5.26 Å². The molecule has 2 aromatic carbocycles. The number of anilines is 1. The molecule has 3 heterocycles. The predicted molar refractivity (Wildman–Crippen MR) is 161 cm³/mol. The van der Waals surface area contributed by atoms with Crippen molar-refractivity contribution < 1.29 is 18.3 Å². The number of benzene rings is 2. The number of nitrogens with zero attached hydrogens (tertiary/aromatic N) is 7. The van der Waals surface area contributed by atoms with E-state index in [1.54, 1.807) is 17.3 Å². The Morgan fingerprint density at radius 3 is 2.65 bits per heavy atom. The summed E-state index contributed by atoms with van der Waals surface area (Å²) in [6, 6.07) is 9.60. The second-order valence-electron chi connectivity index (χ2n) is 11.1. The Morgan fingerprint density at radius 2 is 1.95 bits per heavy atom. The molecule has 1 saturated heterocycles. The number of amidine groups is 2. The van der Waals surface area contributed by atoms with Crippen molar-refractivity contribution in [2.45, 2.75) is 26.0 Å². The number of halogens is 2. The molecule has 0 bridgehead atoms. The van der Waals surface area contributed by atoms with E-state index in [1.807, 2.05) is 36.1 Å². The second kappa shape index (κ2) is 12.9. The summed E-state index contributed by atoms with van der Waals surface area (Å²) in [5, 5.41) is 12.2. The molecule has 1 amide bonds. The Hall–Kier alpha value is -4.34. The number of fused-ring (bicyclic) bond motifs is 1. The Kier molecular flexibility index (Phi) is 9.03. The number of amides is 1. The monoisotopic (exact) mass is 590 g/mol. The van der Waals surface area contributed by atoms with Gasteiger partial charge in [0, 0.05) is 68.5 Å². The maximum Gasteiger partial charge on any atom is 0.254 e. The van der Waals surface area contributed by atoms with Gasteiger partial charge >= 0.3 is 0 Å². The molecular formula is C31H36F2N8O2. The molecule has 0 saturated carbocycles.